The Morgan fingerprint density at radius 1 is 1.21 bits per heavy atom. The zero-order valence-corrected chi connectivity index (χ0v) is 14.4. The van der Waals surface area contributed by atoms with Gasteiger partial charge < -0.3 is 9.26 Å². The van der Waals surface area contributed by atoms with Crippen molar-refractivity contribution in [2.45, 2.75) is 26.1 Å². The monoisotopic (exact) mass is 331 g/mol. The summed E-state index contributed by atoms with van der Waals surface area (Å²) in [4.78, 5) is 4.92. The van der Waals surface area contributed by atoms with Crippen LogP contribution < -0.4 is 0 Å². The van der Waals surface area contributed by atoms with Gasteiger partial charge in [0.25, 0.3) is 0 Å². The summed E-state index contributed by atoms with van der Waals surface area (Å²) in [6, 6.07) is 2.02. The first kappa shape index (κ1) is 15.8. The summed E-state index contributed by atoms with van der Waals surface area (Å²) >= 11 is 0. The molecule has 0 aromatic carbocycles. The molecule has 2 atom stereocenters. The molecule has 4 rings (SSSR count). The van der Waals surface area contributed by atoms with E-state index in [9.17, 15) is 0 Å². The number of aromatic nitrogens is 3. The number of aryl methyl sites for hydroxylation is 2. The molecule has 130 valence electrons. The molecular formula is C17H25N5O2. The van der Waals surface area contributed by atoms with Crippen LogP contribution in [-0.2, 0) is 24.9 Å². The van der Waals surface area contributed by atoms with Gasteiger partial charge in [-0.05, 0) is 6.92 Å². The summed E-state index contributed by atoms with van der Waals surface area (Å²) in [5.74, 6) is 1.43. The first-order valence-electron chi connectivity index (χ1n) is 8.62. The van der Waals surface area contributed by atoms with E-state index in [1.807, 2.05) is 30.9 Å². The van der Waals surface area contributed by atoms with Crippen LogP contribution >= 0.6 is 0 Å². The van der Waals surface area contributed by atoms with Gasteiger partial charge in [-0.25, -0.2) is 0 Å². The van der Waals surface area contributed by atoms with Gasteiger partial charge in [-0.15, -0.1) is 0 Å². The maximum atomic E-state index is 6.13. The molecule has 2 saturated heterocycles. The Balaban J connectivity index is 1.36. The highest BCUT2D eigenvalue weighted by atomic mass is 16.5. The first-order valence-corrected chi connectivity index (χ1v) is 8.62. The maximum Gasteiger partial charge on any atom is 0.133 e. The van der Waals surface area contributed by atoms with Crippen molar-refractivity contribution in [3.05, 3.63) is 35.5 Å². The third-order valence-corrected chi connectivity index (χ3v) is 4.92. The number of hydrogen-bond acceptors (Lipinski definition) is 6. The summed E-state index contributed by atoms with van der Waals surface area (Å²) in [6.07, 6.45) is 4.38. The van der Waals surface area contributed by atoms with Crippen molar-refractivity contribution in [3.63, 3.8) is 0 Å². The second kappa shape index (κ2) is 6.66. The molecule has 2 aromatic heterocycles. The fraction of sp³-hybridized carbons (Fsp3) is 0.647. The van der Waals surface area contributed by atoms with E-state index in [-0.39, 0.29) is 0 Å². The Morgan fingerprint density at radius 3 is 2.83 bits per heavy atom. The van der Waals surface area contributed by atoms with Crippen molar-refractivity contribution in [1.29, 1.82) is 0 Å². The van der Waals surface area contributed by atoms with Crippen LogP contribution in [-0.4, -0.2) is 63.6 Å². The van der Waals surface area contributed by atoms with Crippen LogP contribution in [0.1, 0.15) is 17.0 Å². The third-order valence-electron chi connectivity index (χ3n) is 4.92. The highest BCUT2D eigenvalue weighted by Crippen LogP contribution is 2.25. The summed E-state index contributed by atoms with van der Waals surface area (Å²) in [5.41, 5.74) is 2.28. The SMILES string of the molecule is Cc1cc(CN2C[C@H]3CN(Cc4cnn(C)c4)CCO[C@H]3C2)no1. The Morgan fingerprint density at radius 2 is 2.08 bits per heavy atom. The van der Waals surface area contributed by atoms with E-state index in [2.05, 4.69) is 26.3 Å². The summed E-state index contributed by atoms with van der Waals surface area (Å²) in [7, 11) is 1.96. The minimum absolute atomic E-state index is 0.330. The van der Waals surface area contributed by atoms with E-state index < -0.39 is 0 Å². The van der Waals surface area contributed by atoms with Crippen LogP contribution in [0.3, 0.4) is 0 Å². The van der Waals surface area contributed by atoms with Gasteiger partial charge in [-0.1, -0.05) is 5.16 Å². The second-order valence-electron chi connectivity index (χ2n) is 7.05. The molecular weight excluding hydrogens is 306 g/mol. The topological polar surface area (TPSA) is 59.6 Å². The molecule has 0 unspecified atom stereocenters. The maximum absolute atomic E-state index is 6.13. The predicted molar refractivity (Wildman–Crippen MR) is 88.2 cm³/mol. The molecule has 24 heavy (non-hydrogen) atoms. The second-order valence-corrected chi connectivity index (χ2v) is 7.05. The van der Waals surface area contributed by atoms with Crippen LogP contribution in [0.5, 0.6) is 0 Å². The molecule has 0 radical (unpaired) electrons. The number of nitrogens with zero attached hydrogens (tertiary/aromatic N) is 5. The van der Waals surface area contributed by atoms with Crippen molar-refractivity contribution >= 4 is 0 Å². The third kappa shape index (κ3) is 3.53. The van der Waals surface area contributed by atoms with Crippen LogP contribution in [0.2, 0.25) is 0 Å². The van der Waals surface area contributed by atoms with E-state index in [4.69, 9.17) is 9.26 Å². The highest BCUT2D eigenvalue weighted by Gasteiger charge is 2.36. The molecule has 2 aromatic rings. The normalized spacial score (nSPS) is 25.8. The number of rotatable bonds is 4. The zero-order valence-electron chi connectivity index (χ0n) is 14.4. The van der Waals surface area contributed by atoms with E-state index >= 15 is 0 Å². The van der Waals surface area contributed by atoms with Crippen LogP contribution in [0.4, 0.5) is 0 Å². The minimum atomic E-state index is 0.330. The van der Waals surface area contributed by atoms with Crippen LogP contribution in [0.15, 0.2) is 23.0 Å². The van der Waals surface area contributed by atoms with E-state index in [1.54, 1.807) is 0 Å². The number of ether oxygens (including phenoxy) is 1. The van der Waals surface area contributed by atoms with Gasteiger partial charge in [0.15, 0.2) is 0 Å². The number of hydrogen-bond donors (Lipinski definition) is 0. The minimum Gasteiger partial charge on any atom is -0.375 e. The fourth-order valence-corrected chi connectivity index (χ4v) is 3.85. The standard InChI is InChI=1S/C17H25N5O2/c1-13-5-16(19-24-13)11-22-10-15-9-21(3-4-23-17(15)12-22)8-14-6-18-20(2)7-14/h5-7,15,17H,3-4,8-12H2,1-2H3/t15-,17+/m1/s1. The smallest absolute Gasteiger partial charge is 0.133 e. The molecule has 0 amide bonds. The molecule has 0 aliphatic carbocycles. The largest absolute Gasteiger partial charge is 0.375 e. The molecule has 7 nitrogen and oxygen atoms in total. The lowest BCUT2D eigenvalue weighted by Crippen LogP contribution is -2.32. The molecule has 2 aliphatic heterocycles. The van der Waals surface area contributed by atoms with Crippen molar-refractivity contribution in [2.24, 2.45) is 13.0 Å². The van der Waals surface area contributed by atoms with Gasteiger partial charge in [0, 0.05) is 70.1 Å². The number of fused-ring (bicyclic) bond motifs is 1. The zero-order chi connectivity index (χ0) is 16.5. The predicted octanol–water partition coefficient (Wildman–Crippen LogP) is 1.05. The van der Waals surface area contributed by atoms with Gasteiger partial charge in [-0.3, -0.25) is 14.5 Å². The van der Waals surface area contributed by atoms with Gasteiger partial charge in [0.1, 0.15) is 5.76 Å². The molecule has 7 heteroatoms. The van der Waals surface area contributed by atoms with Crippen LogP contribution in [0, 0.1) is 12.8 Å². The van der Waals surface area contributed by atoms with Gasteiger partial charge in [0.2, 0.25) is 0 Å². The lowest BCUT2D eigenvalue weighted by molar-refractivity contribution is 0.0509. The molecule has 0 N–H and O–H groups in total. The summed E-state index contributed by atoms with van der Waals surface area (Å²) < 4.78 is 13.2. The Kier molecular flexibility index (Phi) is 4.39. The molecule has 0 spiro atoms. The van der Waals surface area contributed by atoms with Crippen LogP contribution in [0.25, 0.3) is 0 Å². The lowest BCUT2D eigenvalue weighted by Gasteiger charge is -2.22. The Bertz CT molecular complexity index is 682. The van der Waals surface area contributed by atoms with Crippen molar-refractivity contribution in [3.8, 4) is 0 Å². The molecule has 0 saturated carbocycles. The molecule has 2 aliphatic rings. The van der Waals surface area contributed by atoms with E-state index in [1.165, 1.54) is 5.56 Å². The van der Waals surface area contributed by atoms with Crippen molar-refractivity contribution in [2.75, 3.05) is 32.8 Å². The summed E-state index contributed by atoms with van der Waals surface area (Å²) in [6.45, 7) is 8.64. The molecule has 0 bridgehead atoms. The summed E-state index contributed by atoms with van der Waals surface area (Å²) in [5, 5.41) is 8.38. The Labute approximate surface area is 142 Å². The average Bonchev–Trinajstić information content (AvgIpc) is 3.20. The Hall–Kier alpha value is -1.70. The van der Waals surface area contributed by atoms with E-state index in [0.29, 0.717) is 12.0 Å². The first-order chi connectivity index (χ1) is 11.7. The van der Waals surface area contributed by atoms with Crippen molar-refractivity contribution < 1.29 is 9.26 Å². The lowest BCUT2D eigenvalue weighted by atomic mass is 10.1. The van der Waals surface area contributed by atoms with E-state index in [0.717, 1.165) is 57.3 Å². The highest BCUT2D eigenvalue weighted by molar-refractivity contribution is 5.05. The quantitative estimate of drug-likeness (QED) is 0.835. The average molecular weight is 331 g/mol. The fourth-order valence-electron chi connectivity index (χ4n) is 3.85. The number of likely N-dealkylation sites (tertiary alicyclic amines) is 1. The van der Waals surface area contributed by atoms with Gasteiger partial charge in [-0.2, -0.15) is 5.10 Å². The van der Waals surface area contributed by atoms with Crippen molar-refractivity contribution in [1.82, 2.24) is 24.7 Å². The molecule has 2 fully saturated rings. The van der Waals surface area contributed by atoms with Gasteiger partial charge >= 0.3 is 0 Å². The van der Waals surface area contributed by atoms with Gasteiger partial charge in [0.05, 0.1) is 24.6 Å². The molecule has 4 heterocycles.